The minimum absolute atomic E-state index is 0.0692. The SMILES string of the molecule is Cc1occc1-c1nnc(SCC(=O)N(C)Cc2ccc(Cl)c(Cl)c2)o1. The lowest BCUT2D eigenvalue weighted by atomic mass is 10.2. The Morgan fingerprint density at radius 3 is 2.73 bits per heavy atom. The maximum atomic E-state index is 12.3. The summed E-state index contributed by atoms with van der Waals surface area (Å²) in [6.45, 7) is 2.24. The minimum Gasteiger partial charge on any atom is -0.469 e. The number of halogens is 2. The first kappa shape index (κ1) is 18.8. The van der Waals surface area contributed by atoms with E-state index in [-0.39, 0.29) is 11.7 Å². The van der Waals surface area contributed by atoms with Crippen molar-refractivity contribution in [1.82, 2.24) is 15.1 Å². The second-order valence-corrected chi connectivity index (χ2v) is 7.29. The van der Waals surface area contributed by atoms with E-state index in [4.69, 9.17) is 32.0 Å². The number of aromatic nitrogens is 2. The molecule has 0 N–H and O–H groups in total. The van der Waals surface area contributed by atoms with Crippen LogP contribution in [0.5, 0.6) is 0 Å². The number of furan rings is 1. The Kier molecular flexibility index (Phi) is 5.90. The Hall–Kier alpha value is -1.96. The molecule has 0 spiro atoms. The van der Waals surface area contributed by atoms with E-state index >= 15 is 0 Å². The lowest BCUT2D eigenvalue weighted by Gasteiger charge is -2.17. The topological polar surface area (TPSA) is 72.4 Å². The van der Waals surface area contributed by atoms with E-state index in [9.17, 15) is 4.79 Å². The fourth-order valence-electron chi connectivity index (χ4n) is 2.22. The van der Waals surface area contributed by atoms with Gasteiger partial charge in [0.25, 0.3) is 11.1 Å². The third-order valence-corrected chi connectivity index (χ3v) is 5.19. The Morgan fingerprint density at radius 2 is 2.04 bits per heavy atom. The standard InChI is InChI=1S/C17H15Cl2N3O3S/c1-10-12(5-6-24-10)16-20-21-17(25-16)26-9-15(23)22(2)8-11-3-4-13(18)14(19)7-11/h3-7H,8-9H2,1-2H3. The van der Waals surface area contributed by atoms with Gasteiger partial charge in [0.15, 0.2) is 0 Å². The molecule has 0 saturated carbocycles. The quantitative estimate of drug-likeness (QED) is 0.547. The molecule has 2 heterocycles. The van der Waals surface area contributed by atoms with Crippen LogP contribution in [0.3, 0.4) is 0 Å². The van der Waals surface area contributed by atoms with E-state index in [1.165, 1.54) is 11.8 Å². The molecule has 0 radical (unpaired) electrons. The van der Waals surface area contributed by atoms with Gasteiger partial charge in [-0.2, -0.15) is 0 Å². The monoisotopic (exact) mass is 411 g/mol. The molecule has 0 unspecified atom stereocenters. The highest BCUT2D eigenvalue weighted by atomic mass is 35.5. The lowest BCUT2D eigenvalue weighted by molar-refractivity contribution is -0.127. The summed E-state index contributed by atoms with van der Waals surface area (Å²) in [6.07, 6.45) is 1.56. The molecule has 0 bridgehead atoms. The number of aryl methyl sites for hydroxylation is 1. The van der Waals surface area contributed by atoms with Crippen LogP contribution in [-0.2, 0) is 11.3 Å². The maximum Gasteiger partial charge on any atom is 0.277 e. The van der Waals surface area contributed by atoms with E-state index in [1.54, 1.807) is 36.4 Å². The predicted molar refractivity (Wildman–Crippen MR) is 100 cm³/mol. The largest absolute Gasteiger partial charge is 0.469 e. The molecule has 3 aromatic rings. The van der Waals surface area contributed by atoms with Gasteiger partial charge in [0, 0.05) is 13.6 Å². The zero-order valence-electron chi connectivity index (χ0n) is 14.0. The molecule has 6 nitrogen and oxygen atoms in total. The fraction of sp³-hybridized carbons (Fsp3) is 0.235. The van der Waals surface area contributed by atoms with Crippen molar-refractivity contribution in [3.63, 3.8) is 0 Å². The lowest BCUT2D eigenvalue weighted by Crippen LogP contribution is -2.27. The molecular weight excluding hydrogens is 397 g/mol. The van der Waals surface area contributed by atoms with Gasteiger partial charge in [0.05, 0.1) is 27.6 Å². The minimum atomic E-state index is -0.0692. The van der Waals surface area contributed by atoms with Crippen molar-refractivity contribution in [2.75, 3.05) is 12.8 Å². The molecule has 0 fully saturated rings. The van der Waals surface area contributed by atoms with E-state index in [0.29, 0.717) is 33.5 Å². The third kappa shape index (κ3) is 4.41. The molecule has 3 rings (SSSR count). The summed E-state index contributed by atoms with van der Waals surface area (Å²) in [5, 5.41) is 9.21. The van der Waals surface area contributed by atoms with Crippen LogP contribution >= 0.6 is 35.0 Å². The van der Waals surface area contributed by atoms with Gasteiger partial charge in [-0.1, -0.05) is 41.0 Å². The molecule has 136 valence electrons. The molecule has 1 aromatic carbocycles. The van der Waals surface area contributed by atoms with Crippen LogP contribution in [0, 0.1) is 6.92 Å². The number of hydrogen-bond donors (Lipinski definition) is 0. The van der Waals surface area contributed by atoms with Crippen LogP contribution in [0.25, 0.3) is 11.5 Å². The van der Waals surface area contributed by atoms with Gasteiger partial charge in [-0.25, -0.2) is 0 Å². The Morgan fingerprint density at radius 1 is 1.23 bits per heavy atom. The highest BCUT2D eigenvalue weighted by Crippen LogP contribution is 2.27. The maximum absolute atomic E-state index is 12.3. The first-order chi connectivity index (χ1) is 12.4. The highest BCUT2D eigenvalue weighted by Gasteiger charge is 2.16. The number of amides is 1. The zero-order chi connectivity index (χ0) is 18.7. The predicted octanol–water partition coefficient (Wildman–Crippen LogP) is 4.70. The van der Waals surface area contributed by atoms with Crippen LogP contribution in [0.2, 0.25) is 10.0 Å². The van der Waals surface area contributed by atoms with Crippen LogP contribution in [0.15, 0.2) is 44.6 Å². The van der Waals surface area contributed by atoms with E-state index < -0.39 is 0 Å². The van der Waals surface area contributed by atoms with Gasteiger partial charge in [-0.05, 0) is 30.7 Å². The summed E-state index contributed by atoms with van der Waals surface area (Å²) in [6, 6.07) is 7.05. The van der Waals surface area contributed by atoms with Crippen molar-refractivity contribution in [3.05, 3.63) is 51.9 Å². The van der Waals surface area contributed by atoms with Crippen molar-refractivity contribution in [3.8, 4) is 11.5 Å². The van der Waals surface area contributed by atoms with Gasteiger partial charge in [0.2, 0.25) is 5.91 Å². The number of carbonyl (C=O) groups excluding carboxylic acids is 1. The van der Waals surface area contributed by atoms with Crippen molar-refractivity contribution in [2.24, 2.45) is 0 Å². The number of thioether (sulfide) groups is 1. The zero-order valence-corrected chi connectivity index (χ0v) is 16.4. The van der Waals surface area contributed by atoms with Gasteiger partial charge >= 0.3 is 0 Å². The number of hydrogen-bond acceptors (Lipinski definition) is 6. The Balaban J connectivity index is 1.56. The first-order valence-corrected chi connectivity index (χ1v) is 9.37. The van der Waals surface area contributed by atoms with Crippen molar-refractivity contribution in [1.29, 1.82) is 0 Å². The summed E-state index contributed by atoms with van der Waals surface area (Å²) in [5.74, 6) is 1.18. The fourth-order valence-corrected chi connectivity index (χ4v) is 3.24. The molecule has 0 aliphatic rings. The Labute approximate surface area is 164 Å². The third-order valence-electron chi connectivity index (χ3n) is 3.64. The molecule has 9 heteroatoms. The van der Waals surface area contributed by atoms with Crippen LogP contribution in [0.4, 0.5) is 0 Å². The summed E-state index contributed by atoms with van der Waals surface area (Å²) >= 11 is 13.1. The van der Waals surface area contributed by atoms with Crippen molar-refractivity contribution >= 4 is 40.9 Å². The first-order valence-electron chi connectivity index (χ1n) is 7.62. The smallest absolute Gasteiger partial charge is 0.277 e. The molecular formula is C17H15Cl2N3O3S. The molecule has 0 atom stereocenters. The summed E-state index contributed by atoms with van der Waals surface area (Å²) in [5.41, 5.74) is 1.64. The molecule has 0 aliphatic carbocycles. The number of benzene rings is 1. The van der Waals surface area contributed by atoms with E-state index in [1.807, 2.05) is 13.0 Å². The van der Waals surface area contributed by atoms with E-state index in [2.05, 4.69) is 10.2 Å². The van der Waals surface area contributed by atoms with E-state index in [0.717, 1.165) is 11.1 Å². The average molecular weight is 412 g/mol. The molecule has 2 aromatic heterocycles. The van der Waals surface area contributed by atoms with Gasteiger partial charge in [0.1, 0.15) is 5.76 Å². The van der Waals surface area contributed by atoms with Crippen molar-refractivity contribution in [2.45, 2.75) is 18.7 Å². The number of rotatable bonds is 6. The molecule has 26 heavy (non-hydrogen) atoms. The number of nitrogens with zero attached hydrogens (tertiary/aromatic N) is 3. The second-order valence-electron chi connectivity index (χ2n) is 5.55. The van der Waals surface area contributed by atoms with Crippen LogP contribution < -0.4 is 0 Å². The van der Waals surface area contributed by atoms with Crippen LogP contribution in [0.1, 0.15) is 11.3 Å². The Bertz CT molecular complexity index is 926. The average Bonchev–Trinajstić information content (AvgIpc) is 3.24. The summed E-state index contributed by atoms with van der Waals surface area (Å²) in [7, 11) is 1.72. The van der Waals surface area contributed by atoms with Gasteiger partial charge < -0.3 is 13.7 Å². The highest BCUT2D eigenvalue weighted by molar-refractivity contribution is 7.99. The summed E-state index contributed by atoms with van der Waals surface area (Å²) < 4.78 is 10.8. The second kappa shape index (κ2) is 8.16. The van der Waals surface area contributed by atoms with Crippen LogP contribution in [-0.4, -0.2) is 33.8 Å². The van der Waals surface area contributed by atoms with Gasteiger partial charge in [-0.15, -0.1) is 10.2 Å². The molecule has 0 saturated heterocycles. The normalized spacial score (nSPS) is 10.9. The summed E-state index contributed by atoms with van der Waals surface area (Å²) in [4.78, 5) is 13.9. The van der Waals surface area contributed by atoms with Gasteiger partial charge in [-0.3, -0.25) is 4.79 Å². The molecule has 0 aliphatic heterocycles. The van der Waals surface area contributed by atoms with Crippen molar-refractivity contribution < 1.29 is 13.6 Å². The molecule has 1 amide bonds. The number of carbonyl (C=O) groups is 1.